The molecule has 0 radical (unpaired) electrons. The summed E-state index contributed by atoms with van der Waals surface area (Å²) in [6, 6.07) is -0.366. The van der Waals surface area contributed by atoms with Gasteiger partial charge in [0.2, 0.25) is 0 Å². The zero-order chi connectivity index (χ0) is 8.69. The summed E-state index contributed by atoms with van der Waals surface area (Å²) in [5.41, 5.74) is 0. The van der Waals surface area contributed by atoms with E-state index >= 15 is 0 Å². The van der Waals surface area contributed by atoms with Crippen LogP contribution in [-0.4, -0.2) is 37.4 Å². The van der Waals surface area contributed by atoms with E-state index in [0.29, 0.717) is 13.0 Å². The predicted octanol–water partition coefficient (Wildman–Crippen LogP) is -0.480. The van der Waals surface area contributed by atoms with E-state index in [1.54, 1.807) is 0 Å². The quantitative estimate of drug-likeness (QED) is 0.535. The maximum atomic E-state index is 10.9. The van der Waals surface area contributed by atoms with Crippen LogP contribution < -0.4 is 5.32 Å². The number of methoxy groups -OCH3 is 1. The Morgan fingerprint density at radius 3 is 2.73 bits per heavy atom. The molecule has 4 heteroatoms. The summed E-state index contributed by atoms with van der Waals surface area (Å²) in [5.74, 6) is -0.319. The first-order valence-electron chi connectivity index (χ1n) is 3.68. The molecule has 0 aromatic carbocycles. The van der Waals surface area contributed by atoms with E-state index in [9.17, 15) is 4.79 Å². The lowest BCUT2D eigenvalue weighted by Crippen LogP contribution is -2.38. The van der Waals surface area contributed by atoms with Gasteiger partial charge in [-0.15, -0.1) is 0 Å². The average Bonchev–Trinajstić information content (AvgIpc) is 2.03. The van der Waals surface area contributed by atoms with Gasteiger partial charge in [-0.05, 0) is 13.0 Å². The number of aliphatic hydroxyl groups excluding tert-OH is 1. The summed E-state index contributed by atoms with van der Waals surface area (Å²) in [4.78, 5) is 10.9. The minimum absolute atomic E-state index is 0.00718. The van der Waals surface area contributed by atoms with Crippen LogP contribution in [0, 0.1) is 0 Å². The highest BCUT2D eigenvalue weighted by Gasteiger charge is 2.15. The van der Waals surface area contributed by atoms with Gasteiger partial charge >= 0.3 is 5.97 Å². The number of ether oxygens (including phenoxy) is 1. The molecule has 0 saturated heterocycles. The first-order chi connectivity index (χ1) is 5.26. The second-order valence-corrected chi connectivity index (χ2v) is 2.15. The van der Waals surface area contributed by atoms with Gasteiger partial charge in [-0.25, -0.2) is 0 Å². The van der Waals surface area contributed by atoms with Crippen LogP contribution in [0.2, 0.25) is 0 Å². The van der Waals surface area contributed by atoms with Crippen LogP contribution in [0.5, 0.6) is 0 Å². The summed E-state index contributed by atoms with van der Waals surface area (Å²) in [6.45, 7) is 2.58. The van der Waals surface area contributed by atoms with Crippen LogP contribution >= 0.6 is 0 Å². The molecular weight excluding hydrogens is 146 g/mol. The third-order valence-corrected chi connectivity index (χ3v) is 1.35. The molecule has 2 N–H and O–H groups in total. The molecule has 0 aliphatic carbocycles. The fraction of sp³-hybridized carbons (Fsp3) is 0.857. The van der Waals surface area contributed by atoms with Gasteiger partial charge in [-0.1, -0.05) is 6.92 Å². The summed E-state index contributed by atoms with van der Waals surface area (Å²) < 4.78 is 4.50. The number of carbonyl (C=O) groups is 1. The lowest BCUT2D eigenvalue weighted by molar-refractivity contribution is -0.143. The third kappa shape index (κ3) is 3.95. The number of carbonyl (C=O) groups excluding carboxylic acids is 1. The Hall–Kier alpha value is -0.610. The fourth-order valence-electron chi connectivity index (χ4n) is 0.821. The minimum atomic E-state index is -0.366. The highest BCUT2D eigenvalue weighted by Crippen LogP contribution is 1.92. The Morgan fingerprint density at radius 1 is 1.73 bits per heavy atom. The average molecular weight is 161 g/mol. The highest BCUT2D eigenvalue weighted by atomic mass is 16.5. The largest absolute Gasteiger partial charge is 0.468 e. The van der Waals surface area contributed by atoms with Crippen molar-refractivity contribution in [1.82, 2.24) is 5.32 Å². The molecule has 1 atom stereocenters. The Labute approximate surface area is 66.5 Å². The summed E-state index contributed by atoms with van der Waals surface area (Å²) >= 11 is 0. The SMILES string of the molecule is CCN[C@@H](CCO)C(=O)OC. The first kappa shape index (κ1) is 10.4. The zero-order valence-corrected chi connectivity index (χ0v) is 6.96. The van der Waals surface area contributed by atoms with Crippen molar-refractivity contribution in [2.45, 2.75) is 19.4 Å². The maximum absolute atomic E-state index is 10.9. The van der Waals surface area contributed by atoms with Crippen LogP contribution in [0.3, 0.4) is 0 Å². The summed E-state index contributed by atoms with van der Waals surface area (Å²) in [7, 11) is 1.34. The van der Waals surface area contributed by atoms with Gasteiger partial charge in [0.25, 0.3) is 0 Å². The summed E-state index contributed by atoms with van der Waals surface area (Å²) in [6.07, 6.45) is 0.403. The molecule has 0 aromatic rings. The summed E-state index contributed by atoms with van der Waals surface area (Å²) in [5, 5.41) is 11.5. The normalized spacial score (nSPS) is 12.6. The van der Waals surface area contributed by atoms with E-state index in [2.05, 4.69) is 10.1 Å². The second-order valence-electron chi connectivity index (χ2n) is 2.15. The van der Waals surface area contributed by atoms with Crippen LogP contribution in [0.1, 0.15) is 13.3 Å². The molecule has 0 fully saturated rings. The van der Waals surface area contributed by atoms with Gasteiger partial charge in [-0.2, -0.15) is 0 Å². The van der Waals surface area contributed by atoms with E-state index in [1.165, 1.54) is 7.11 Å². The lowest BCUT2D eigenvalue weighted by Gasteiger charge is -2.13. The van der Waals surface area contributed by atoms with E-state index in [1.807, 2.05) is 6.92 Å². The van der Waals surface area contributed by atoms with Crippen molar-refractivity contribution in [1.29, 1.82) is 0 Å². The number of esters is 1. The number of likely N-dealkylation sites (N-methyl/N-ethyl adjacent to an activating group) is 1. The number of aliphatic hydroxyl groups is 1. The van der Waals surface area contributed by atoms with E-state index in [-0.39, 0.29) is 18.6 Å². The highest BCUT2D eigenvalue weighted by molar-refractivity contribution is 5.75. The monoisotopic (exact) mass is 161 g/mol. The van der Waals surface area contributed by atoms with Crippen molar-refractivity contribution < 1.29 is 14.6 Å². The fourth-order valence-corrected chi connectivity index (χ4v) is 0.821. The van der Waals surface area contributed by atoms with Crippen molar-refractivity contribution in [3.05, 3.63) is 0 Å². The number of hydrogen-bond donors (Lipinski definition) is 2. The molecule has 0 bridgehead atoms. The molecular formula is C7H15NO3. The minimum Gasteiger partial charge on any atom is -0.468 e. The number of rotatable bonds is 5. The van der Waals surface area contributed by atoms with Gasteiger partial charge in [0, 0.05) is 6.61 Å². The molecule has 66 valence electrons. The topological polar surface area (TPSA) is 58.6 Å². The first-order valence-corrected chi connectivity index (χ1v) is 3.68. The van der Waals surface area contributed by atoms with Crippen molar-refractivity contribution >= 4 is 5.97 Å². The molecule has 0 unspecified atom stereocenters. The van der Waals surface area contributed by atoms with Gasteiger partial charge in [-0.3, -0.25) is 4.79 Å². The van der Waals surface area contributed by atoms with Crippen molar-refractivity contribution in [3.63, 3.8) is 0 Å². The van der Waals surface area contributed by atoms with E-state index in [4.69, 9.17) is 5.11 Å². The van der Waals surface area contributed by atoms with E-state index < -0.39 is 0 Å². The zero-order valence-electron chi connectivity index (χ0n) is 6.96. The molecule has 0 spiro atoms. The molecule has 0 saturated carbocycles. The Balaban J connectivity index is 3.76. The van der Waals surface area contributed by atoms with E-state index in [0.717, 1.165) is 0 Å². The van der Waals surface area contributed by atoms with Crippen LogP contribution in [0.15, 0.2) is 0 Å². The number of hydrogen-bond acceptors (Lipinski definition) is 4. The second kappa shape index (κ2) is 6.12. The van der Waals surface area contributed by atoms with Crippen molar-refractivity contribution in [3.8, 4) is 0 Å². The number of nitrogens with one attached hydrogen (secondary N) is 1. The smallest absolute Gasteiger partial charge is 0.322 e. The van der Waals surface area contributed by atoms with Gasteiger partial charge in [0.1, 0.15) is 6.04 Å². The molecule has 0 aliphatic heterocycles. The van der Waals surface area contributed by atoms with Crippen LogP contribution in [0.4, 0.5) is 0 Å². The Bertz CT molecular complexity index is 110. The molecule has 0 heterocycles. The predicted molar refractivity (Wildman–Crippen MR) is 41.2 cm³/mol. The standard InChI is InChI=1S/C7H15NO3/c1-3-8-6(4-5-9)7(10)11-2/h6,8-9H,3-5H2,1-2H3/t6-/m0/s1. The molecule has 0 aliphatic rings. The van der Waals surface area contributed by atoms with Gasteiger partial charge in [0.05, 0.1) is 7.11 Å². The Kier molecular flexibility index (Phi) is 5.78. The van der Waals surface area contributed by atoms with Crippen LogP contribution in [-0.2, 0) is 9.53 Å². The van der Waals surface area contributed by atoms with Gasteiger partial charge in [0.15, 0.2) is 0 Å². The molecule has 0 amide bonds. The van der Waals surface area contributed by atoms with Crippen molar-refractivity contribution in [2.24, 2.45) is 0 Å². The van der Waals surface area contributed by atoms with Crippen molar-refractivity contribution in [2.75, 3.05) is 20.3 Å². The third-order valence-electron chi connectivity index (χ3n) is 1.35. The lowest BCUT2D eigenvalue weighted by atomic mass is 10.2. The molecule has 11 heavy (non-hydrogen) atoms. The molecule has 0 aromatic heterocycles. The van der Waals surface area contributed by atoms with Gasteiger partial charge < -0.3 is 15.2 Å². The Morgan fingerprint density at radius 2 is 2.36 bits per heavy atom. The molecule has 4 nitrogen and oxygen atoms in total. The maximum Gasteiger partial charge on any atom is 0.322 e. The molecule has 0 rings (SSSR count). The van der Waals surface area contributed by atoms with Crippen LogP contribution in [0.25, 0.3) is 0 Å².